The smallest absolute Gasteiger partial charge is 0.225 e. The molecular weight excluding hydrogens is 324 g/mol. The fourth-order valence-corrected chi connectivity index (χ4v) is 3.30. The van der Waals surface area contributed by atoms with E-state index in [1.165, 1.54) is 25.7 Å². The van der Waals surface area contributed by atoms with Gasteiger partial charge in [-0.05, 0) is 38.0 Å². The molecule has 0 aromatic carbocycles. The van der Waals surface area contributed by atoms with Crippen LogP contribution in [-0.4, -0.2) is 38.0 Å². The normalized spacial score (nSPS) is 14.9. The van der Waals surface area contributed by atoms with E-state index in [4.69, 9.17) is 4.98 Å². The maximum atomic E-state index is 4.84. The van der Waals surface area contributed by atoms with Crippen LogP contribution >= 0.6 is 0 Å². The lowest BCUT2D eigenvalue weighted by atomic mass is 10.1. The fraction of sp³-hybridized carbons (Fsp3) is 0.350. The number of nitrogens with zero attached hydrogens (tertiary/aromatic N) is 6. The Morgan fingerprint density at radius 2 is 1.73 bits per heavy atom. The Labute approximate surface area is 153 Å². The second-order valence-electron chi connectivity index (χ2n) is 6.56. The highest BCUT2D eigenvalue weighted by Crippen LogP contribution is 2.29. The lowest BCUT2D eigenvalue weighted by Crippen LogP contribution is -2.26. The number of pyridine rings is 1. The van der Waals surface area contributed by atoms with Gasteiger partial charge in [-0.25, -0.2) is 19.9 Å². The lowest BCUT2D eigenvalue weighted by Gasteiger charge is -2.20. The van der Waals surface area contributed by atoms with E-state index in [2.05, 4.69) is 24.8 Å². The van der Waals surface area contributed by atoms with Gasteiger partial charge in [0.1, 0.15) is 5.82 Å². The van der Waals surface area contributed by atoms with Crippen LogP contribution in [0.5, 0.6) is 0 Å². The van der Waals surface area contributed by atoms with Gasteiger partial charge >= 0.3 is 0 Å². The molecule has 1 aliphatic heterocycles. The summed E-state index contributed by atoms with van der Waals surface area (Å²) in [6, 6.07) is 5.85. The number of aryl methyl sites for hydroxylation is 1. The average Bonchev–Trinajstić information content (AvgIpc) is 2.98. The fourth-order valence-electron chi connectivity index (χ4n) is 3.30. The second kappa shape index (κ2) is 7.56. The predicted octanol–water partition coefficient (Wildman–Crippen LogP) is 3.68. The molecule has 3 aromatic rings. The van der Waals surface area contributed by atoms with Crippen LogP contribution in [0.2, 0.25) is 0 Å². The second-order valence-corrected chi connectivity index (χ2v) is 6.56. The summed E-state index contributed by atoms with van der Waals surface area (Å²) in [5.41, 5.74) is 3.56. The van der Waals surface area contributed by atoms with Crippen molar-refractivity contribution in [2.75, 3.05) is 18.0 Å². The van der Waals surface area contributed by atoms with Crippen LogP contribution in [0.3, 0.4) is 0 Å². The molecule has 0 aliphatic carbocycles. The van der Waals surface area contributed by atoms with E-state index in [1.807, 2.05) is 43.7 Å². The summed E-state index contributed by atoms with van der Waals surface area (Å²) < 4.78 is 0. The number of anilines is 1. The van der Waals surface area contributed by atoms with E-state index in [-0.39, 0.29) is 0 Å². The van der Waals surface area contributed by atoms with E-state index in [1.54, 1.807) is 6.20 Å². The maximum Gasteiger partial charge on any atom is 0.225 e. The molecule has 6 nitrogen and oxygen atoms in total. The van der Waals surface area contributed by atoms with Gasteiger partial charge in [0.05, 0.1) is 11.4 Å². The molecule has 0 atom stereocenters. The Hall–Kier alpha value is -2.89. The molecule has 0 N–H and O–H groups in total. The van der Waals surface area contributed by atoms with Crippen LogP contribution in [-0.2, 0) is 0 Å². The zero-order valence-corrected chi connectivity index (χ0v) is 15.0. The molecule has 4 rings (SSSR count). The summed E-state index contributed by atoms with van der Waals surface area (Å²) in [6.45, 7) is 3.93. The number of aromatic nitrogens is 5. The quantitative estimate of drug-likeness (QED) is 0.720. The van der Waals surface area contributed by atoms with Crippen LogP contribution in [0.1, 0.15) is 31.5 Å². The van der Waals surface area contributed by atoms with E-state index < -0.39 is 0 Å². The van der Waals surface area contributed by atoms with Crippen molar-refractivity contribution in [2.24, 2.45) is 0 Å². The number of rotatable bonds is 3. The third-order valence-electron chi connectivity index (χ3n) is 4.65. The standard InChI is InChI=1S/C20H22N6/c1-15-23-14-17(19(24-15)16-7-6-9-21-13-16)18-8-10-22-20(25-18)26-11-4-2-3-5-12-26/h6-10,13-14H,2-5,11-12H2,1H3. The zero-order valence-electron chi connectivity index (χ0n) is 15.0. The van der Waals surface area contributed by atoms with Crippen molar-refractivity contribution >= 4 is 5.95 Å². The van der Waals surface area contributed by atoms with Crippen molar-refractivity contribution < 1.29 is 0 Å². The molecule has 0 radical (unpaired) electrons. The van der Waals surface area contributed by atoms with Gasteiger partial charge in [-0.15, -0.1) is 0 Å². The van der Waals surface area contributed by atoms with Crippen molar-refractivity contribution in [1.29, 1.82) is 0 Å². The number of hydrogen-bond donors (Lipinski definition) is 0. The molecular formula is C20H22N6. The van der Waals surface area contributed by atoms with E-state index >= 15 is 0 Å². The molecule has 0 amide bonds. The molecule has 1 saturated heterocycles. The van der Waals surface area contributed by atoms with E-state index in [0.29, 0.717) is 0 Å². The minimum atomic E-state index is 0.731. The van der Waals surface area contributed by atoms with Gasteiger partial charge in [0, 0.05) is 49.0 Å². The first kappa shape index (κ1) is 16.6. The Morgan fingerprint density at radius 3 is 2.50 bits per heavy atom. The molecule has 1 aliphatic rings. The van der Waals surface area contributed by atoms with Crippen molar-refractivity contribution in [3.63, 3.8) is 0 Å². The van der Waals surface area contributed by atoms with Crippen LogP contribution < -0.4 is 4.90 Å². The summed E-state index contributed by atoms with van der Waals surface area (Å²) in [4.78, 5) is 24.9. The van der Waals surface area contributed by atoms with Crippen molar-refractivity contribution in [3.8, 4) is 22.5 Å². The first-order valence-corrected chi connectivity index (χ1v) is 9.14. The van der Waals surface area contributed by atoms with Gasteiger partial charge in [0.2, 0.25) is 5.95 Å². The summed E-state index contributed by atoms with van der Waals surface area (Å²) in [7, 11) is 0. The molecule has 4 heterocycles. The summed E-state index contributed by atoms with van der Waals surface area (Å²) in [6.07, 6.45) is 12.2. The third-order valence-corrected chi connectivity index (χ3v) is 4.65. The molecule has 6 heteroatoms. The van der Waals surface area contributed by atoms with Crippen LogP contribution in [0.15, 0.2) is 43.0 Å². The molecule has 3 aromatic heterocycles. The molecule has 26 heavy (non-hydrogen) atoms. The van der Waals surface area contributed by atoms with Gasteiger partial charge in [-0.2, -0.15) is 0 Å². The number of hydrogen-bond acceptors (Lipinski definition) is 6. The van der Waals surface area contributed by atoms with Crippen LogP contribution in [0.25, 0.3) is 22.5 Å². The van der Waals surface area contributed by atoms with Gasteiger partial charge in [0.15, 0.2) is 0 Å². The summed E-state index contributed by atoms with van der Waals surface area (Å²) >= 11 is 0. The Bertz CT molecular complexity index is 872. The SMILES string of the molecule is Cc1ncc(-c2ccnc(N3CCCCCC3)n2)c(-c2cccnc2)n1. The maximum absolute atomic E-state index is 4.84. The van der Waals surface area contributed by atoms with Gasteiger partial charge in [0.25, 0.3) is 0 Å². The molecule has 0 unspecified atom stereocenters. The molecule has 0 saturated carbocycles. The van der Waals surface area contributed by atoms with E-state index in [9.17, 15) is 0 Å². The Balaban J connectivity index is 1.75. The highest BCUT2D eigenvalue weighted by Gasteiger charge is 2.16. The lowest BCUT2D eigenvalue weighted by molar-refractivity contribution is 0.726. The monoisotopic (exact) mass is 346 g/mol. The molecule has 1 fully saturated rings. The summed E-state index contributed by atoms with van der Waals surface area (Å²) in [5.74, 6) is 1.52. The van der Waals surface area contributed by atoms with Crippen molar-refractivity contribution in [3.05, 3.63) is 48.8 Å². The molecule has 0 bridgehead atoms. The van der Waals surface area contributed by atoms with Crippen molar-refractivity contribution in [2.45, 2.75) is 32.6 Å². The Morgan fingerprint density at radius 1 is 0.885 bits per heavy atom. The van der Waals surface area contributed by atoms with Crippen LogP contribution in [0.4, 0.5) is 5.95 Å². The molecule has 0 spiro atoms. The topological polar surface area (TPSA) is 67.7 Å². The minimum Gasteiger partial charge on any atom is -0.341 e. The van der Waals surface area contributed by atoms with Gasteiger partial charge < -0.3 is 4.90 Å². The van der Waals surface area contributed by atoms with Crippen LogP contribution in [0, 0.1) is 6.92 Å². The minimum absolute atomic E-state index is 0.731. The van der Waals surface area contributed by atoms with Gasteiger partial charge in [-0.1, -0.05) is 12.8 Å². The predicted molar refractivity (Wildman–Crippen MR) is 102 cm³/mol. The van der Waals surface area contributed by atoms with Gasteiger partial charge in [-0.3, -0.25) is 4.98 Å². The zero-order chi connectivity index (χ0) is 17.8. The molecule has 132 valence electrons. The largest absolute Gasteiger partial charge is 0.341 e. The summed E-state index contributed by atoms with van der Waals surface area (Å²) in [5, 5.41) is 0. The third kappa shape index (κ3) is 3.54. The first-order chi connectivity index (χ1) is 12.8. The Kier molecular flexibility index (Phi) is 4.82. The van der Waals surface area contributed by atoms with E-state index in [0.717, 1.165) is 47.4 Å². The highest BCUT2D eigenvalue weighted by atomic mass is 15.2. The first-order valence-electron chi connectivity index (χ1n) is 9.14. The van der Waals surface area contributed by atoms with Crippen molar-refractivity contribution in [1.82, 2.24) is 24.9 Å². The highest BCUT2D eigenvalue weighted by molar-refractivity contribution is 5.78. The average molecular weight is 346 g/mol.